The second kappa shape index (κ2) is 6.52. The highest BCUT2D eigenvalue weighted by atomic mass is 16.5. The molecule has 3 N–H and O–H groups in total. The van der Waals surface area contributed by atoms with Crippen molar-refractivity contribution < 1.29 is 9.94 Å². The van der Waals surface area contributed by atoms with Gasteiger partial charge in [-0.15, -0.1) is 0 Å². The maximum absolute atomic E-state index is 8.63. The minimum Gasteiger partial charge on any atom is -0.409 e. The minimum atomic E-state index is 0.0214. The van der Waals surface area contributed by atoms with E-state index in [2.05, 4.69) is 17.1 Å². The molecular weight excluding hydrogens is 242 g/mol. The first kappa shape index (κ1) is 13.8. The van der Waals surface area contributed by atoms with E-state index in [9.17, 15) is 0 Å². The number of oxime groups is 1. The topological polar surface area (TPSA) is 80.7 Å². The lowest BCUT2D eigenvalue weighted by Crippen LogP contribution is -2.21. The highest BCUT2D eigenvalue weighted by molar-refractivity contribution is 5.95. The Hall–Kier alpha value is -1.62. The van der Waals surface area contributed by atoms with Gasteiger partial charge in [0.15, 0.2) is 5.84 Å². The van der Waals surface area contributed by atoms with Crippen molar-refractivity contribution in [2.24, 2.45) is 16.8 Å². The van der Waals surface area contributed by atoms with Crippen molar-refractivity contribution in [3.63, 3.8) is 0 Å². The fourth-order valence-corrected chi connectivity index (χ4v) is 2.50. The van der Waals surface area contributed by atoms with Crippen LogP contribution in [0.15, 0.2) is 23.5 Å². The molecule has 0 aliphatic heterocycles. The number of nitrogens with two attached hydrogens (primary N) is 1. The van der Waals surface area contributed by atoms with E-state index in [1.54, 1.807) is 12.3 Å². The molecule has 1 heterocycles. The van der Waals surface area contributed by atoms with Crippen molar-refractivity contribution >= 4 is 5.84 Å². The Balaban J connectivity index is 1.92. The number of hydrogen-bond acceptors (Lipinski definition) is 4. The lowest BCUT2D eigenvalue weighted by Gasteiger charge is -2.26. The van der Waals surface area contributed by atoms with Crippen LogP contribution in [-0.2, 0) is 11.3 Å². The molecule has 1 saturated carbocycles. The summed E-state index contributed by atoms with van der Waals surface area (Å²) in [5.41, 5.74) is 6.98. The number of ether oxygens (including phenoxy) is 1. The van der Waals surface area contributed by atoms with E-state index in [1.165, 1.54) is 12.8 Å². The molecule has 1 aromatic heterocycles. The van der Waals surface area contributed by atoms with Crippen molar-refractivity contribution in [2.75, 3.05) is 0 Å². The van der Waals surface area contributed by atoms with Crippen molar-refractivity contribution in [1.29, 1.82) is 0 Å². The maximum Gasteiger partial charge on any atom is 0.188 e. The second-order valence-corrected chi connectivity index (χ2v) is 5.24. The Morgan fingerprint density at radius 3 is 3.16 bits per heavy atom. The Bertz CT molecular complexity index is 448. The van der Waals surface area contributed by atoms with Crippen molar-refractivity contribution in [1.82, 2.24) is 4.98 Å². The van der Waals surface area contributed by atoms with Gasteiger partial charge in [0.05, 0.1) is 12.7 Å². The van der Waals surface area contributed by atoms with Crippen LogP contribution >= 0.6 is 0 Å². The Morgan fingerprint density at radius 2 is 2.42 bits per heavy atom. The molecule has 0 spiro atoms. The van der Waals surface area contributed by atoms with Gasteiger partial charge < -0.3 is 15.7 Å². The van der Waals surface area contributed by atoms with Gasteiger partial charge in [-0.1, -0.05) is 24.9 Å². The zero-order chi connectivity index (χ0) is 13.7. The molecule has 2 atom stereocenters. The first-order valence-corrected chi connectivity index (χ1v) is 6.73. The van der Waals surface area contributed by atoms with Gasteiger partial charge in [-0.2, -0.15) is 0 Å². The lowest BCUT2D eigenvalue weighted by atomic mass is 9.89. The number of nitrogens with zero attached hydrogens (tertiary/aromatic N) is 2. The third-order valence-electron chi connectivity index (χ3n) is 3.57. The third-order valence-corrected chi connectivity index (χ3v) is 3.57. The summed E-state index contributed by atoms with van der Waals surface area (Å²) in [5.74, 6) is 0.775. The normalized spacial score (nSPS) is 24.4. The van der Waals surface area contributed by atoms with E-state index < -0.39 is 0 Å². The van der Waals surface area contributed by atoms with Crippen LogP contribution < -0.4 is 5.73 Å². The first-order valence-electron chi connectivity index (χ1n) is 6.73. The van der Waals surface area contributed by atoms with Gasteiger partial charge >= 0.3 is 0 Å². The molecule has 2 unspecified atom stereocenters. The van der Waals surface area contributed by atoms with E-state index in [0.717, 1.165) is 24.3 Å². The van der Waals surface area contributed by atoms with E-state index in [0.29, 0.717) is 18.4 Å². The molecule has 5 heteroatoms. The number of rotatable bonds is 4. The number of pyridine rings is 1. The maximum atomic E-state index is 8.63. The van der Waals surface area contributed by atoms with Crippen LogP contribution in [0, 0.1) is 5.92 Å². The largest absolute Gasteiger partial charge is 0.409 e. The van der Waals surface area contributed by atoms with E-state index in [4.69, 9.17) is 15.7 Å². The summed E-state index contributed by atoms with van der Waals surface area (Å²) in [5, 5.41) is 11.6. The van der Waals surface area contributed by atoms with Crippen LogP contribution in [-0.4, -0.2) is 22.1 Å². The van der Waals surface area contributed by atoms with E-state index >= 15 is 0 Å². The molecule has 0 saturated heterocycles. The monoisotopic (exact) mass is 263 g/mol. The molecule has 104 valence electrons. The summed E-state index contributed by atoms with van der Waals surface area (Å²) in [6.45, 7) is 2.82. The third kappa shape index (κ3) is 3.92. The zero-order valence-electron chi connectivity index (χ0n) is 11.2. The van der Waals surface area contributed by atoms with Gasteiger partial charge in [0, 0.05) is 6.20 Å². The van der Waals surface area contributed by atoms with Crippen LogP contribution in [0.25, 0.3) is 0 Å². The molecule has 1 aromatic rings. The summed E-state index contributed by atoms with van der Waals surface area (Å²) < 4.78 is 5.94. The summed E-state index contributed by atoms with van der Waals surface area (Å²) in [4.78, 5) is 4.05. The SMILES string of the molecule is CC1CCCC(OCc2ccnc(C(N)=NO)c2)C1. The Labute approximate surface area is 113 Å². The lowest BCUT2D eigenvalue weighted by molar-refractivity contribution is 0.00464. The summed E-state index contributed by atoms with van der Waals surface area (Å²) in [6.07, 6.45) is 6.83. The van der Waals surface area contributed by atoms with Gasteiger partial charge in [-0.3, -0.25) is 4.98 Å². The van der Waals surface area contributed by atoms with Crippen LogP contribution in [0.1, 0.15) is 43.9 Å². The molecule has 0 aromatic carbocycles. The summed E-state index contributed by atoms with van der Waals surface area (Å²) >= 11 is 0. The summed E-state index contributed by atoms with van der Waals surface area (Å²) in [7, 11) is 0. The van der Waals surface area contributed by atoms with E-state index in [1.807, 2.05) is 6.07 Å². The van der Waals surface area contributed by atoms with Crippen molar-refractivity contribution in [3.05, 3.63) is 29.6 Å². The highest BCUT2D eigenvalue weighted by Gasteiger charge is 2.19. The molecule has 19 heavy (non-hydrogen) atoms. The predicted molar refractivity (Wildman–Crippen MR) is 73.0 cm³/mol. The standard InChI is InChI=1S/C14H21N3O2/c1-10-3-2-4-12(7-10)19-9-11-5-6-16-13(8-11)14(15)17-18/h5-6,8,10,12,18H,2-4,7,9H2,1H3,(H2,15,17). The average molecular weight is 263 g/mol. The molecular formula is C14H21N3O2. The van der Waals surface area contributed by atoms with Gasteiger partial charge in [0.2, 0.25) is 0 Å². The molecule has 5 nitrogen and oxygen atoms in total. The fourth-order valence-electron chi connectivity index (χ4n) is 2.50. The number of amidine groups is 1. The fraction of sp³-hybridized carbons (Fsp3) is 0.571. The molecule has 1 aliphatic carbocycles. The second-order valence-electron chi connectivity index (χ2n) is 5.24. The molecule has 1 aliphatic rings. The van der Waals surface area contributed by atoms with Crippen LogP contribution in [0.2, 0.25) is 0 Å². The Kier molecular flexibility index (Phi) is 4.74. The van der Waals surface area contributed by atoms with Gasteiger partial charge in [-0.05, 0) is 36.5 Å². The van der Waals surface area contributed by atoms with Crippen LogP contribution in [0.3, 0.4) is 0 Å². The molecule has 0 bridgehead atoms. The average Bonchev–Trinajstić information content (AvgIpc) is 2.45. The van der Waals surface area contributed by atoms with Crippen LogP contribution in [0.5, 0.6) is 0 Å². The Morgan fingerprint density at radius 1 is 1.58 bits per heavy atom. The predicted octanol–water partition coefficient (Wildman–Crippen LogP) is 2.27. The first-order chi connectivity index (χ1) is 9.19. The minimum absolute atomic E-state index is 0.0214. The van der Waals surface area contributed by atoms with Gasteiger partial charge in [0.1, 0.15) is 5.69 Å². The molecule has 0 radical (unpaired) electrons. The smallest absolute Gasteiger partial charge is 0.188 e. The summed E-state index contributed by atoms with van der Waals surface area (Å²) in [6, 6.07) is 3.68. The molecule has 0 amide bonds. The van der Waals surface area contributed by atoms with Crippen molar-refractivity contribution in [3.8, 4) is 0 Å². The highest BCUT2D eigenvalue weighted by Crippen LogP contribution is 2.26. The van der Waals surface area contributed by atoms with Crippen molar-refractivity contribution in [2.45, 2.75) is 45.3 Å². The van der Waals surface area contributed by atoms with E-state index in [-0.39, 0.29) is 5.84 Å². The quantitative estimate of drug-likeness (QED) is 0.378. The van der Waals surface area contributed by atoms with Gasteiger partial charge in [-0.25, -0.2) is 0 Å². The van der Waals surface area contributed by atoms with Crippen LogP contribution in [0.4, 0.5) is 0 Å². The molecule has 1 fully saturated rings. The zero-order valence-corrected chi connectivity index (χ0v) is 11.2. The van der Waals surface area contributed by atoms with Gasteiger partial charge in [0.25, 0.3) is 0 Å². The number of hydrogen-bond donors (Lipinski definition) is 2. The number of aromatic nitrogens is 1. The molecule has 2 rings (SSSR count).